The van der Waals surface area contributed by atoms with E-state index >= 15 is 0 Å². The van der Waals surface area contributed by atoms with Crippen LogP contribution in [0.1, 0.15) is 23.2 Å². The van der Waals surface area contributed by atoms with Crippen molar-refractivity contribution in [3.63, 3.8) is 0 Å². The predicted molar refractivity (Wildman–Crippen MR) is 87.0 cm³/mol. The van der Waals surface area contributed by atoms with Gasteiger partial charge < -0.3 is 15.6 Å². The number of piperidine rings is 1. The fraction of sp³-hybridized carbons (Fsp3) is 0.294. The second kappa shape index (κ2) is 5.42. The van der Waals surface area contributed by atoms with Crippen LogP contribution in [-0.4, -0.2) is 35.0 Å². The van der Waals surface area contributed by atoms with Gasteiger partial charge in [0.15, 0.2) is 0 Å². The third-order valence-electron chi connectivity index (χ3n) is 4.26. The fourth-order valence-electron chi connectivity index (χ4n) is 3.12. The van der Waals surface area contributed by atoms with Crippen LogP contribution in [0.4, 0.5) is 0 Å². The average molecular weight is 294 g/mol. The summed E-state index contributed by atoms with van der Waals surface area (Å²) in [6.45, 7) is 1.89. The SMILES string of the molecule is O=C(NC1CCCNC1)c1ccc2c(c1)[nH]c1ncccc12. The van der Waals surface area contributed by atoms with Gasteiger partial charge in [0.25, 0.3) is 5.91 Å². The molecule has 5 nitrogen and oxygen atoms in total. The number of carbonyl (C=O) groups excluding carboxylic acids is 1. The van der Waals surface area contributed by atoms with Crippen molar-refractivity contribution in [3.8, 4) is 0 Å². The van der Waals surface area contributed by atoms with Gasteiger partial charge in [-0.25, -0.2) is 4.98 Å². The van der Waals surface area contributed by atoms with Gasteiger partial charge in [0.1, 0.15) is 5.65 Å². The van der Waals surface area contributed by atoms with Crippen LogP contribution < -0.4 is 10.6 Å². The van der Waals surface area contributed by atoms with Crippen molar-refractivity contribution in [2.45, 2.75) is 18.9 Å². The molecule has 1 unspecified atom stereocenters. The molecule has 3 aromatic rings. The summed E-state index contributed by atoms with van der Waals surface area (Å²) >= 11 is 0. The van der Waals surface area contributed by atoms with Crippen molar-refractivity contribution in [1.29, 1.82) is 0 Å². The number of aromatic amines is 1. The van der Waals surface area contributed by atoms with Crippen LogP contribution in [0.15, 0.2) is 36.5 Å². The molecule has 3 N–H and O–H groups in total. The lowest BCUT2D eigenvalue weighted by Crippen LogP contribution is -2.45. The van der Waals surface area contributed by atoms with Gasteiger partial charge >= 0.3 is 0 Å². The Balaban J connectivity index is 1.64. The second-order valence-electron chi connectivity index (χ2n) is 5.80. The van der Waals surface area contributed by atoms with E-state index in [-0.39, 0.29) is 11.9 Å². The smallest absolute Gasteiger partial charge is 0.251 e. The fourth-order valence-corrected chi connectivity index (χ4v) is 3.12. The molecule has 0 radical (unpaired) electrons. The topological polar surface area (TPSA) is 69.8 Å². The Morgan fingerprint density at radius 1 is 1.27 bits per heavy atom. The number of aromatic nitrogens is 2. The van der Waals surface area contributed by atoms with E-state index in [0.717, 1.165) is 47.9 Å². The van der Waals surface area contributed by atoms with Gasteiger partial charge in [0.2, 0.25) is 0 Å². The van der Waals surface area contributed by atoms with E-state index in [9.17, 15) is 4.79 Å². The lowest BCUT2D eigenvalue weighted by molar-refractivity contribution is 0.0931. The first-order valence-corrected chi connectivity index (χ1v) is 7.69. The quantitative estimate of drug-likeness (QED) is 0.678. The van der Waals surface area contributed by atoms with Crippen molar-refractivity contribution < 1.29 is 4.79 Å². The van der Waals surface area contributed by atoms with Crippen LogP contribution in [-0.2, 0) is 0 Å². The molecular weight excluding hydrogens is 276 g/mol. The number of carbonyl (C=O) groups is 1. The maximum atomic E-state index is 12.4. The van der Waals surface area contributed by atoms with Crippen molar-refractivity contribution >= 4 is 27.8 Å². The first-order valence-electron chi connectivity index (χ1n) is 7.69. The molecule has 112 valence electrons. The minimum atomic E-state index is -0.0118. The highest BCUT2D eigenvalue weighted by Crippen LogP contribution is 2.24. The van der Waals surface area contributed by atoms with Crippen molar-refractivity contribution in [1.82, 2.24) is 20.6 Å². The third-order valence-corrected chi connectivity index (χ3v) is 4.26. The van der Waals surface area contributed by atoms with Crippen LogP contribution in [0.25, 0.3) is 21.9 Å². The highest BCUT2D eigenvalue weighted by Gasteiger charge is 2.17. The molecule has 1 saturated heterocycles. The van der Waals surface area contributed by atoms with E-state index in [1.807, 2.05) is 30.3 Å². The summed E-state index contributed by atoms with van der Waals surface area (Å²) in [5.74, 6) is -0.0118. The average Bonchev–Trinajstić information content (AvgIpc) is 2.93. The molecule has 4 rings (SSSR count). The minimum Gasteiger partial charge on any atom is -0.348 e. The third kappa shape index (κ3) is 2.33. The van der Waals surface area contributed by atoms with Gasteiger partial charge in [0.05, 0.1) is 0 Å². The number of nitrogens with zero attached hydrogens (tertiary/aromatic N) is 1. The molecule has 1 fully saturated rings. The van der Waals surface area contributed by atoms with Crippen molar-refractivity contribution in [3.05, 3.63) is 42.1 Å². The zero-order valence-electron chi connectivity index (χ0n) is 12.2. The standard InChI is InChI=1S/C17H18N4O/c22-17(20-12-3-1-7-18-10-12)11-5-6-13-14-4-2-8-19-16(14)21-15(13)9-11/h2,4-6,8-9,12,18H,1,3,7,10H2,(H,19,21)(H,20,22). The van der Waals surface area contributed by atoms with E-state index in [4.69, 9.17) is 0 Å². The van der Waals surface area contributed by atoms with Gasteiger partial charge in [-0.15, -0.1) is 0 Å². The Hall–Kier alpha value is -2.40. The summed E-state index contributed by atoms with van der Waals surface area (Å²) in [6, 6.07) is 9.96. The van der Waals surface area contributed by atoms with Crippen molar-refractivity contribution in [2.75, 3.05) is 13.1 Å². The number of benzene rings is 1. The van der Waals surface area contributed by atoms with E-state index in [1.165, 1.54) is 0 Å². The number of pyridine rings is 1. The molecule has 0 saturated carbocycles. The number of rotatable bonds is 2. The van der Waals surface area contributed by atoms with E-state index in [2.05, 4.69) is 20.6 Å². The lowest BCUT2D eigenvalue weighted by Gasteiger charge is -2.23. The number of hydrogen-bond acceptors (Lipinski definition) is 3. The molecule has 22 heavy (non-hydrogen) atoms. The minimum absolute atomic E-state index is 0.0118. The molecule has 1 aliphatic rings. The lowest BCUT2D eigenvalue weighted by atomic mass is 10.1. The summed E-state index contributed by atoms with van der Waals surface area (Å²) in [5, 5.41) is 8.59. The Labute approximate surface area is 128 Å². The first kappa shape index (κ1) is 13.3. The monoisotopic (exact) mass is 294 g/mol. The molecule has 5 heteroatoms. The maximum Gasteiger partial charge on any atom is 0.251 e. The molecule has 1 aromatic carbocycles. The van der Waals surface area contributed by atoms with Gasteiger partial charge in [-0.1, -0.05) is 6.07 Å². The van der Waals surface area contributed by atoms with Gasteiger partial charge in [-0.3, -0.25) is 4.79 Å². The molecule has 0 spiro atoms. The zero-order chi connectivity index (χ0) is 14.9. The molecular formula is C17H18N4O. The summed E-state index contributed by atoms with van der Waals surface area (Å²) in [5.41, 5.74) is 2.49. The number of amides is 1. The molecule has 1 aliphatic heterocycles. The van der Waals surface area contributed by atoms with Gasteiger partial charge in [0, 0.05) is 40.6 Å². The van der Waals surface area contributed by atoms with Crippen LogP contribution in [0.2, 0.25) is 0 Å². The molecule has 1 amide bonds. The maximum absolute atomic E-state index is 12.4. The molecule has 3 heterocycles. The highest BCUT2D eigenvalue weighted by atomic mass is 16.1. The van der Waals surface area contributed by atoms with Crippen molar-refractivity contribution in [2.24, 2.45) is 0 Å². The van der Waals surface area contributed by atoms with Crippen LogP contribution >= 0.6 is 0 Å². The highest BCUT2D eigenvalue weighted by molar-refractivity contribution is 6.08. The molecule has 2 aromatic heterocycles. The normalized spacial score (nSPS) is 18.6. The summed E-state index contributed by atoms with van der Waals surface area (Å²) in [4.78, 5) is 20.0. The van der Waals surface area contributed by atoms with Gasteiger partial charge in [-0.05, 0) is 43.7 Å². The van der Waals surface area contributed by atoms with Crippen LogP contribution in [0.5, 0.6) is 0 Å². The van der Waals surface area contributed by atoms with Gasteiger partial charge in [-0.2, -0.15) is 0 Å². The summed E-state index contributed by atoms with van der Waals surface area (Å²) < 4.78 is 0. The molecule has 1 atom stereocenters. The zero-order valence-corrected chi connectivity index (χ0v) is 12.2. The summed E-state index contributed by atoms with van der Waals surface area (Å²) in [7, 11) is 0. The van der Waals surface area contributed by atoms with E-state index in [1.54, 1.807) is 6.20 Å². The second-order valence-corrected chi connectivity index (χ2v) is 5.80. The Morgan fingerprint density at radius 3 is 3.09 bits per heavy atom. The predicted octanol–water partition coefficient (Wildman–Crippen LogP) is 2.20. The van der Waals surface area contributed by atoms with Crippen LogP contribution in [0, 0.1) is 0 Å². The Morgan fingerprint density at radius 2 is 2.23 bits per heavy atom. The Kier molecular flexibility index (Phi) is 3.27. The number of nitrogens with one attached hydrogen (secondary N) is 3. The molecule has 0 bridgehead atoms. The Bertz CT molecular complexity index is 833. The summed E-state index contributed by atoms with van der Waals surface area (Å²) in [6.07, 6.45) is 3.91. The van der Waals surface area contributed by atoms with Crippen LogP contribution in [0.3, 0.4) is 0 Å². The first-order chi connectivity index (χ1) is 10.8. The number of fused-ring (bicyclic) bond motifs is 3. The number of H-pyrrole nitrogens is 1. The van der Waals surface area contributed by atoms with E-state index in [0.29, 0.717) is 5.56 Å². The molecule has 0 aliphatic carbocycles. The van der Waals surface area contributed by atoms with E-state index < -0.39 is 0 Å². The number of hydrogen-bond donors (Lipinski definition) is 3. The largest absolute Gasteiger partial charge is 0.348 e.